The van der Waals surface area contributed by atoms with E-state index in [0.717, 1.165) is 23.4 Å². The SMILES string of the molecule is Cc1nn(C)c(Cl)c1Cn1cc(CNC(C)(C)C)cn1. The second kappa shape index (κ2) is 5.58. The van der Waals surface area contributed by atoms with E-state index in [-0.39, 0.29) is 5.54 Å². The van der Waals surface area contributed by atoms with Crippen LogP contribution in [0.5, 0.6) is 0 Å². The molecule has 6 heteroatoms. The van der Waals surface area contributed by atoms with Crippen LogP contribution >= 0.6 is 11.6 Å². The Balaban J connectivity index is 2.06. The van der Waals surface area contributed by atoms with Crippen LogP contribution in [0.2, 0.25) is 5.15 Å². The van der Waals surface area contributed by atoms with E-state index in [9.17, 15) is 0 Å². The maximum absolute atomic E-state index is 6.24. The Morgan fingerprint density at radius 1 is 1.35 bits per heavy atom. The second-order valence-electron chi connectivity index (χ2n) is 6.13. The molecule has 0 amide bonds. The van der Waals surface area contributed by atoms with E-state index in [1.807, 2.05) is 31.0 Å². The fraction of sp³-hybridized carbons (Fsp3) is 0.571. The predicted octanol–water partition coefficient (Wildman–Crippen LogP) is 2.51. The van der Waals surface area contributed by atoms with Gasteiger partial charge < -0.3 is 5.32 Å². The minimum absolute atomic E-state index is 0.103. The highest BCUT2D eigenvalue weighted by molar-refractivity contribution is 6.30. The first-order valence-corrected chi connectivity index (χ1v) is 7.08. The van der Waals surface area contributed by atoms with Crippen molar-refractivity contribution in [3.05, 3.63) is 34.4 Å². The maximum atomic E-state index is 6.24. The van der Waals surface area contributed by atoms with Crippen LogP contribution in [0.15, 0.2) is 12.4 Å². The number of aryl methyl sites for hydroxylation is 2. The molecule has 2 rings (SSSR count). The fourth-order valence-electron chi connectivity index (χ4n) is 1.97. The van der Waals surface area contributed by atoms with Crippen LogP contribution in [0, 0.1) is 6.92 Å². The Labute approximate surface area is 124 Å². The number of nitrogens with zero attached hydrogens (tertiary/aromatic N) is 4. The zero-order chi connectivity index (χ0) is 14.9. The van der Waals surface area contributed by atoms with Gasteiger partial charge in [0.15, 0.2) is 0 Å². The highest BCUT2D eigenvalue weighted by Crippen LogP contribution is 2.19. The highest BCUT2D eigenvalue weighted by atomic mass is 35.5. The first-order chi connectivity index (χ1) is 9.26. The van der Waals surface area contributed by atoms with Crippen LogP contribution in [-0.2, 0) is 20.1 Å². The van der Waals surface area contributed by atoms with E-state index in [1.54, 1.807) is 4.68 Å². The minimum Gasteiger partial charge on any atom is -0.308 e. The molecule has 0 bridgehead atoms. The summed E-state index contributed by atoms with van der Waals surface area (Å²) in [5.41, 5.74) is 3.23. The van der Waals surface area contributed by atoms with Gasteiger partial charge in [-0.3, -0.25) is 9.36 Å². The molecule has 2 heterocycles. The number of halogens is 1. The van der Waals surface area contributed by atoms with Gasteiger partial charge in [0.05, 0.1) is 18.4 Å². The number of hydrogen-bond donors (Lipinski definition) is 1. The third-order valence-corrected chi connectivity index (χ3v) is 3.57. The predicted molar refractivity (Wildman–Crippen MR) is 80.9 cm³/mol. The lowest BCUT2D eigenvalue weighted by Gasteiger charge is -2.19. The molecule has 110 valence electrons. The lowest BCUT2D eigenvalue weighted by atomic mass is 10.1. The molecule has 0 saturated carbocycles. The lowest BCUT2D eigenvalue weighted by Crippen LogP contribution is -2.34. The molecule has 0 atom stereocenters. The Morgan fingerprint density at radius 2 is 2.05 bits per heavy atom. The van der Waals surface area contributed by atoms with Crippen molar-refractivity contribution in [2.45, 2.75) is 46.3 Å². The van der Waals surface area contributed by atoms with Crippen LogP contribution in [0.1, 0.15) is 37.6 Å². The van der Waals surface area contributed by atoms with E-state index >= 15 is 0 Å². The van der Waals surface area contributed by atoms with Gasteiger partial charge in [-0.15, -0.1) is 0 Å². The van der Waals surface area contributed by atoms with Crippen molar-refractivity contribution in [2.24, 2.45) is 7.05 Å². The van der Waals surface area contributed by atoms with Crippen molar-refractivity contribution in [1.29, 1.82) is 0 Å². The number of rotatable bonds is 4. The zero-order valence-electron chi connectivity index (χ0n) is 12.7. The summed E-state index contributed by atoms with van der Waals surface area (Å²) in [4.78, 5) is 0. The van der Waals surface area contributed by atoms with Gasteiger partial charge in [0.1, 0.15) is 5.15 Å². The third kappa shape index (κ3) is 3.61. The van der Waals surface area contributed by atoms with Crippen LogP contribution in [0.4, 0.5) is 0 Å². The molecule has 0 unspecified atom stereocenters. The first-order valence-electron chi connectivity index (χ1n) is 6.70. The van der Waals surface area contributed by atoms with Gasteiger partial charge in [0.25, 0.3) is 0 Å². The van der Waals surface area contributed by atoms with Gasteiger partial charge in [0.2, 0.25) is 0 Å². The molecule has 1 N–H and O–H groups in total. The molecule has 0 aliphatic rings. The van der Waals surface area contributed by atoms with Gasteiger partial charge in [-0.2, -0.15) is 10.2 Å². The molecular weight excluding hydrogens is 274 g/mol. The number of nitrogens with one attached hydrogen (secondary N) is 1. The van der Waals surface area contributed by atoms with Gasteiger partial charge in [0, 0.05) is 36.5 Å². The molecule has 0 aliphatic carbocycles. The molecule has 0 aromatic carbocycles. The molecule has 0 fully saturated rings. The number of aromatic nitrogens is 4. The largest absolute Gasteiger partial charge is 0.308 e. The van der Waals surface area contributed by atoms with Crippen molar-refractivity contribution in [2.75, 3.05) is 0 Å². The Kier molecular flexibility index (Phi) is 4.20. The first kappa shape index (κ1) is 15.1. The summed E-state index contributed by atoms with van der Waals surface area (Å²) < 4.78 is 3.59. The topological polar surface area (TPSA) is 47.7 Å². The van der Waals surface area contributed by atoms with Gasteiger partial charge in [-0.25, -0.2) is 0 Å². The Hall–Kier alpha value is -1.33. The average Bonchev–Trinajstić information content (AvgIpc) is 2.87. The van der Waals surface area contributed by atoms with Crippen molar-refractivity contribution in [3.63, 3.8) is 0 Å². The summed E-state index contributed by atoms with van der Waals surface area (Å²) in [6.45, 7) is 9.87. The summed E-state index contributed by atoms with van der Waals surface area (Å²) in [5.74, 6) is 0. The molecule has 20 heavy (non-hydrogen) atoms. The second-order valence-corrected chi connectivity index (χ2v) is 6.49. The molecule has 2 aromatic rings. The standard InChI is InChI=1S/C14H22ClN5/c1-10-12(13(15)19(5)18-10)9-20-8-11(7-17-20)6-16-14(2,3)4/h7-8,16H,6,9H2,1-5H3. The molecule has 0 radical (unpaired) electrons. The van der Waals surface area contributed by atoms with Gasteiger partial charge in [-0.1, -0.05) is 11.6 Å². The quantitative estimate of drug-likeness (QED) is 0.943. The van der Waals surface area contributed by atoms with Gasteiger partial charge >= 0.3 is 0 Å². The van der Waals surface area contributed by atoms with Crippen LogP contribution < -0.4 is 5.32 Å². The average molecular weight is 296 g/mol. The van der Waals surface area contributed by atoms with E-state index in [1.165, 1.54) is 0 Å². The minimum atomic E-state index is 0.103. The molecule has 0 aliphatic heterocycles. The van der Waals surface area contributed by atoms with E-state index in [4.69, 9.17) is 11.6 Å². The van der Waals surface area contributed by atoms with Crippen LogP contribution in [-0.4, -0.2) is 25.1 Å². The van der Waals surface area contributed by atoms with Crippen LogP contribution in [0.25, 0.3) is 0 Å². The molecule has 0 saturated heterocycles. The lowest BCUT2D eigenvalue weighted by molar-refractivity contribution is 0.424. The van der Waals surface area contributed by atoms with E-state index < -0.39 is 0 Å². The van der Waals surface area contributed by atoms with Crippen molar-refractivity contribution >= 4 is 11.6 Å². The summed E-state index contributed by atoms with van der Waals surface area (Å²) in [7, 11) is 1.85. The molecule has 0 spiro atoms. The fourth-order valence-corrected chi connectivity index (χ4v) is 2.20. The summed E-state index contributed by atoms with van der Waals surface area (Å²) >= 11 is 6.24. The normalized spacial score (nSPS) is 12.1. The van der Waals surface area contributed by atoms with Crippen molar-refractivity contribution < 1.29 is 0 Å². The Morgan fingerprint density at radius 3 is 2.60 bits per heavy atom. The van der Waals surface area contributed by atoms with Crippen LogP contribution in [0.3, 0.4) is 0 Å². The monoisotopic (exact) mass is 295 g/mol. The molecule has 5 nitrogen and oxygen atoms in total. The number of hydrogen-bond acceptors (Lipinski definition) is 3. The summed E-state index contributed by atoms with van der Waals surface area (Å²) in [6.07, 6.45) is 3.93. The highest BCUT2D eigenvalue weighted by Gasteiger charge is 2.13. The van der Waals surface area contributed by atoms with Crippen molar-refractivity contribution in [3.8, 4) is 0 Å². The Bertz CT molecular complexity index is 591. The van der Waals surface area contributed by atoms with Gasteiger partial charge in [-0.05, 0) is 27.7 Å². The maximum Gasteiger partial charge on any atom is 0.132 e. The third-order valence-electron chi connectivity index (χ3n) is 3.10. The zero-order valence-corrected chi connectivity index (χ0v) is 13.5. The van der Waals surface area contributed by atoms with E-state index in [0.29, 0.717) is 11.7 Å². The molecular formula is C14H22ClN5. The summed E-state index contributed by atoms with van der Waals surface area (Å²) in [6, 6.07) is 0. The van der Waals surface area contributed by atoms with E-state index in [2.05, 4.69) is 36.3 Å². The van der Waals surface area contributed by atoms with Crippen molar-refractivity contribution in [1.82, 2.24) is 24.9 Å². The summed E-state index contributed by atoms with van der Waals surface area (Å²) in [5, 5.41) is 12.8. The molecule has 2 aromatic heterocycles. The smallest absolute Gasteiger partial charge is 0.132 e.